The zero-order valence-corrected chi connectivity index (χ0v) is 15.4. The molecule has 2 aromatic carbocycles. The van der Waals surface area contributed by atoms with Crippen LogP contribution in [0.3, 0.4) is 0 Å². The Balaban J connectivity index is 2.01. The van der Waals surface area contributed by atoms with E-state index < -0.39 is 5.97 Å². The number of carbonyl (C=O) groups is 2. The summed E-state index contributed by atoms with van der Waals surface area (Å²) in [4.78, 5) is 23.5. The predicted molar refractivity (Wildman–Crippen MR) is 104 cm³/mol. The van der Waals surface area contributed by atoms with E-state index in [1.807, 2.05) is 60.7 Å². The Hall–Kier alpha value is -2.86. The molecule has 2 atom stereocenters. The van der Waals surface area contributed by atoms with Crippen molar-refractivity contribution in [2.24, 2.45) is 0 Å². The van der Waals surface area contributed by atoms with Gasteiger partial charge in [-0.3, -0.25) is 4.79 Å². The molecule has 144 valence electrons. The largest absolute Gasteiger partial charge is 0.481 e. The van der Waals surface area contributed by atoms with E-state index in [0.29, 0.717) is 19.4 Å². The Kier molecular flexibility index (Phi) is 8.32. The molecule has 6 heteroatoms. The third-order valence-corrected chi connectivity index (χ3v) is 4.21. The first-order chi connectivity index (χ1) is 13.1. The van der Waals surface area contributed by atoms with Gasteiger partial charge in [0.25, 0.3) is 0 Å². The number of amides is 2. The van der Waals surface area contributed by atoms with Crippen LogP contribution in [0.5, 0.6) is 0 Å². The van der Waals surface area contributed by atoms with Crippen LogP contribution in [0.25, 0.3) is 0 Å². The van der Waals surface area contributed by atoms with Gasteiger partial charge in [-0.15, -0.1) is 0 Å². The second-order valence-corrected chi connectivity index (χ2v) is 6.36. The van der Waals surface area contributed by atoms with Crippen LogP contribution in [-0.4, -0.2) is 36.9 Å². The van der Waals surface area contributed by atoms with Crippen LogP contribution < -0.4 is 10.6 Å². The van der Waals surface area contributed by atoms with Crippen LogP contribution in [0.1, 0.15) is 30.0 Å². The monoisotopic (exact) mass is 370 g/mol. The van der Waals surface area contributed by atoms with Crippen molar-refractivity contribution in [3.05, 3.63) is 71.8 Å². The number of methoxy groups -OCH3 is 1. The molecule has 0 bridgehead atoms. The number of carbonyl (C=O) groups excluding carboxylic acids is 1. The molecule has 2 unspecified atom stereocenters. The molecule has 27 heavy (non-hydrogen) atoms. The summed E-state index contributed by atoms with van der Waals surface area (Å²) >= 11 is 0. The Morgan fingerprint density at radius 2 is 1.63 bits per heavy atom. The zero-order chi connectivity index (χ0) is 19.5. The highest BCUT2D eigenvalue weighted by Gasteiger charge is 2.18. The lowest BCUT2D eigenvalue weighted by Crippen LogP contribution is -2.45. The summed E-state index contributed by atoms with van der Waals surface area (Å²) in [6, 6.07) is 18.4. The summed E-state index contributed by atoms with van der Waals surface area (Å²) in [6.07, 6.45) is 0.928. The zero-order valence-electron chi connectivity index (χ0n) is 15.4. The second-order valence-electron chi connectivity index (χ2n) is 6.36. The summed E-state index contributed by atoms with van der Waals surface area (Å²) in [5.74, 6) is -0.878. The van der Waals surface area contributed by atoms with E-state index in [1.165, 1.54) is 0 Å². The van der Waals surface area contributed by atoms with E-state index in [-0.39, 0.29) is 24.5 Å². The number of carboxylic acid groups (broad SMARTS) is 1. The molecule has 0 saturated heterocycles. The molecule has 0 aliphatic heterocycles. The highest BCUT2D eigenvalue weighted by atomic mass is 16.5. The summed E-state index contributed by atoms with van der Waals surface area (Å²) in [6.45, 7) is 0.343. The standard InChI is InChI=1S/C21H26N2O4/c1-27-15-19(17-10-6-3-7-11-17)23-21(26)22-18(12-13-20(24)25)14-16-8-4-2-5-9-16/h2-11,18-19H,12-15H2,1H3,(H,24,25)(H2,22,23,26). The van der Waals surface area contributed by atoms with Gasteiger partial charge in [-0.2, -0.15) is 0 Å². The summed E-state index contributed by atoms with van der Waals surface area (Å²) in [5, 5.41) is 14.8. The van der Waals surface area contributed by atoms with Crippen LogP contribution in [0, 0.1) is 0 Å². The minimum atomic E-state index is -0.878. The minimum absolute atomic E-state index is 0.00202. The summed E-state index contributed by atoms with van der Waals surface area (Å²) < 4.78 is 5.22. The van der Waals surface area contributed by atoms with E-state index in [1.54, 1.807) is 7.11 Å². The minimum Gasteiger partial charge on any atom is -0.481 e. The van der Waals surface area contributed by atoms with Crippen molar-refractivity contribution in [2.75, 3.05) is 13.7 Å². The average molecular weight is 370 g/mol. The molecule has 0 spiro atoms. The van der Waals surface area contributed by atoms with Crippen molar-refractivity contribution in [3.63, 3.8) is 0 Å². The van der Waals surface area contributed by atoms with E-state index >= 15 is 0 Å². The third-order valence-electron chi connectivity index (χ3n) is 4.21. The summed E-state index contributed by atoms with van der Waals surface area (Å²) in [7, 11) is 1.58. The number of ether oxygens (including phenoxy) is 1. The van der Waals surface area contributed by atoms with Gasteiger partial charge >= 0.3 is 12.0 Å². The fourth-order valence-corrected chi connectivity index (χ4v) is 2.88. The molecule has 0 saturated carbocycles. The van der Waals surface area contributed by atoms with Crippen molar-refractivity contribution in [3.8, 4) is 0 Å². The molecule has 0 radical (unpaired) electrons. The van der Waals surface area contributed by atoms with Gasteiger partial charge in [0.15, 0.2) is 0 Å². The highest BCUT2D eigenvalue weighted by Crippen LogP contribution is 2.13. The van der Waals surface area contributed by atoms with Crippen molar-refractivity contribution in [1.82, 2.24) is 10.6 Å². The highest BCUT2D eigenvalue weighted by molar-refractivity contribution is 5.75. The lowest BCUT2D eigenvalue weighted by Gasteiger charge is -2.23. The molecule has 0 heterocycles. The molecule has 0 aliphatic rings. The van der Waals surface area contributed by atoms with Gasteiger partial charge in [-0.1, -0.05) is 60.7 Å². The topological polar surface area (TPSA) is 87.7 Å². The maximum Gasteiger partial charge on any atom is 0.315 e. The second kappa shape index (κ2) is 11.0. The molecule has 0 aliphatic carbocycles. The van der Waals surface area contributed by atoms with Gasteiger partial charge in [-0.05, 0) is 24.0 Å². The van der Waals surface area contributed by atoms with Gasteiger partial charge < -0.3 is 20.5 Å². The van der Waals surface area contributed by atoms with Gasteiger partial charge in [0.05, 0.1) is 12.6 Å². The van der Waals surface area contributed by atoms with Crippen LogP contribution >= 0.6 is 0 Å². The number of benzene rings is 2. The van der Waals surface area contributed by atoms with Gasteiger partial charge in [-0.25, -0.2) is 4.79 Å². The third kappa shape index (κ3) is 7.50. The molecule has 2 aromatic rings. The quantitative estimate of drug-likeness (QED) is 0.599. The molecule has 0 fully saturated rings. The van der Waals surface area contributed by atoms with Crippen LogP contribution in [-0.2, 0) is 16.0 Å². The molecule has 6 nitrogen and oxygen atoms in total. The van der Waals surface area contributed by atoms with E-state index in [4.69, 9.17) is 9.84 Å². The van der Waals surface area contributed by atoms with E-state index in [0.717, 1.165) is 11.1 Å². The number of urea groups is 1. The van der Waals surface area contributed by atoms with Gasteiger partial charge in [0, 0.05) is 19.6 Å². The van der Waals surface area contributed by atoms with Crippen molar-refractivity contribution >= 4 is 12.0 Å². The number of rotatable bonds is 10. The number of hydrogen-bond acceptors (Lipinski definition) is 3. The lowest BCUT2D eigenvalue weighted by molar-refractivity contribution is -0.137. The smallest absolute Gasteiger partial charge is 0.315 e. The van der Waals surface area contributed by atoms with Crippen LogP contribution in [0.2, 0.25) is 0 Å². The van der Waals surface area contributed by atoms with E-state index in [2.05, 4.69) is 10.6 Å². The SMILES string of the molecule is COCC(NC(=O)NC(CCC(=O)O)Cc1ccccc1)c1ccccc1. The number of nitrogens with one attached hydrogen (secondary N) is 2. The molecule has 0 aromatic heterocycles. The average Bonchev–Trinajstić information content (AvgIpc) is 2.67. The molecular formula is C21H26N2O4. The number of carboxylic acids is 1. The fraction of sp³-hybridized carbons (Fsp3) is 0.333. The first-order valence-electron chi connectivity index (χ1n) is 8.95. The maximum atomic E-state index is 12.5. The van der Waals surface area contributed by atoms with E-state index in [9.17, 15) is 9.59 Å². The number of hydrogen-bond donors (Lipinski definition) is 3. The van der Waals surface area contributed by atoms with Gasteiger partial charge in [0.2, 0.25) is 0 Å². The van der Waals surface area contributed by atoms with Crippen molar-refractivity contribution in [1.29, 1.82) is 0 Å². The van der Waals surface area contributed by atoms with Gasteiger partial charge in [0.1, 0.15) is 0 Å². The maximum absolute atomic E-state index is 12.5. The van der Waals surface area contributed by atoms with Crippen LogP contribution in [0.4, 0.5) is 4.79 Å². The molecule has 2 rings (SSSR count). The van der Waals surface area contributed by atoms with Crippen molar-refractivity contribution in [2.45, 2.75) is 31.3 Å². The summed E-state index contributed by atoms with van der Waals surface area (Å²) in [5.41, 5.74) is 1.99. The molecule has 3 N–H and O–H groups in total. The molecule has 2 amide bonds. The Morgan fingerprint density at radius 1 is 1.00 bits per heavy atom. The first kappa shape index (κ1) is 20.5. The molecular weight excluding hydrogens is 344 g/mol. The normalized spacial score (nSPS) is 12.8. The predicted octanol–water partition coefficient (Wildman–Crippen LogP) is 3.15. The number of aliphatic carboxylic acids is 1. The Bertz CT molecular complexity index is 707. The Labute approximate surface area is 159 Å². The van der Waals surface area contributed by atoms with Crippen molar-refractivity contribution < 1.29 is 19.4 Å². The van der Waals surface area contributed by atoms with Crippen LogP contribution in [0.15, 0.2) is 60.7 Å². The Morgan fingerprint density at radius 3 is 2.22 bits per heavy atom. The fourth-order valence-electron chi connectivity index (χ4n) is 2.88. The first-order valence-corrected chi connectivity index (χ1v) is 8.95. The lowest BCUT2D eigenvalue weighted by atomic mass is 10.0.